The van der Waals surface area contributed by atoms with Gasteiger partial charge in [0.1, 0.15) is 5.75 Å². The molecule has 6 nitrogen and oxygen atoms in total. The Balaban J connectivity index is 1.94. The van der Waals surface area contributed by atoms with Gasteiger partial charge in [0.15, 0.2) is 12.2 Å². The lowest BCUT2D eigenvalue weighted by Crippen LogP contribution is -2.51. The summed E-state index contributed by atoms with van der Waals surface area (Å²) in [6.45, 7) is 2.31. The van der Waals surface area contributed by atoms with Crippen molar-refractivity contribution in [3.8, 4) is 5.75 Å². The number of carbonyl (C=O) groups is 2. The Labute approximate surface area is 116 Å². The molecule has 1 N–H and O–H groups in total. The maximum absolute atomic E-state index is 12.2. The zero-order valence-corrected chi connectivity index (χ0v) is 11.2. The average Bonchev–Trinajstić information content (AvgIpc) is 2.47. The number of morpholine rings is 1. The van der Waals surface area contributed by atoms with Gasteiger partial charge in [-0.25, -0.2) is 4.79 Å². The molecule has 0 radical (unpaired) electrons. The van der Waals surface area contributed by atoms with Crippen LogP contribution in [0.2, 0.25) is 0 Å². The van der Waals surface area contributed by atoms with E-state index in [4.69, 9.17) is 14.6 Å². The minimum atomic E-state index is -1.06. The Morgan fingerprint density at radius 1 is 1.40 bits per heavy atom. The van der Waals surface area contributed by atoms with Crippen molar-refractivity contribution in [3.05, 3.63) is 30.3 Å². The SMILES string of the molecule is C[C@@H](Oc1ccccc1)C(=O)N1CCO[C@H](C(=O)O)C1. The number of amides is 1. The van der Waals surface area contributed by atoms with Crippen LogP contribution in [0.25, 0.3) is 0 Å². The van der Waals surface area contributed by atoms with E-state index in [0.717, 1.165) is 0 Å². The van der Waals surface area contributed by atoms with Crippen LogP contribution < -0.4 is 4.74 Å². The Hall–Kier alpha value is -2.08. The Morgan fingerprint density at radius 3 is 2.75 bits per heavy atom. The molecular weight excluding hydrogens is 262 g/mol. The van der Waals surface area contributed by atoms with E-state index in [-0.39, 0.29) is 19.1 Å². The van der Waals surface area contributed by atoms with E-state index in [1.807, 2.05) is 18.2 Å². The van der Waals surface area contributed by atoms with Crippen molar-refractivity contribution >= 4 is 11.9 Å². The van der Waals surface area contributed by atoms with Crippen molar-refractivity contribution in [2.24, 2.45) is 0 Å². The van der Waals surface area contributed by atoms with E-state index >= 15 is 0 Å². The molecule has 1 aromatic carbocycles. The molecule has 1 saturated heterocycles. The fraction of sp³-hybridized carbons (Fsp3) is 0.429. The minimum Gasteiger partial charge on any atom is -0.481 e. The van der Waals surface area contributed by atoms with Gasteiger partial charge in [0.2, 0.25) is 0 Å². The molecule has 0 aromatic heterocycles. The largest absolute Gasteiger partial charge is 0.481 e. The van der Waals surface area contributed by atoms with Gasteiger partial charge >= 0.3 is 5.97 Å². The van der Waals surface area contributed by atoms with Crippen molar-refractivity contribution < 1.29 is 24.2 Å². The third-order valence-corrected chi connectivity index (χ3v) is 3.06. The lowest BCUT2D eigenvalue weighted by molar-refractivity contribution is -0.161. The number of carbonyl (C=O) groups excluding carboxylic acids is 1. The normalized spacial score (nSPS) is 20.2. The number of rotatable bonds is 4. The van der Waals surface area contributed by atoms with Crippen LogP contribution in [-0.4, -0.2) is 53.8 Å². The van der Waals surface area contributed by atoms with Crippen LogP contribution in [0.1, 0.15) is 6.92 Å². The third-order valence-electron chi connectivity index (χ3n) is 3.06. The van der Waals surface area contributed by atoms with Gasteiger partial charge in [0.25, 0.3) is 5.91 Å². The molecule has 0 spiro atoms. The van der Waals surface area contributed by atoms with E-state index < -0.39 is 18.2 Å². The Bertz CT molecular complexity index is 476. The maximum atomic E-state index is 12.2. The molecule has 1 heterocycles. The summed E-state index contributed by atoms with van der Waals surface area (Å²) in [5, 5.41) is 8.92. The number of carboxylic acid groups (broad SMARTS) is 1. The second-order valence-electron chi connectivity index (χ2n) is 4.56. The van der Waals surface area contributed by atoms with Crippen molar-refractivity contribution in [1.82, 2.24) is 4.90 Å². The van der Waals surface area contributed by atoms with Crippen molar-refractivity contribution in [2.75, 3.05) is 19.7 Å². The minimum absolute atomic E-state index is 0.0522. The van der Waals surface area contributed by atoms with Crippen LogP contribution in [0.3, 0.4) is 0 Å². The van der Waals surface area contributed by atoms with E-state index in [1.54, 1.807) is 19.1 Å². The number of hydrogen-bond donors (Lipinski definition) is 1. The second kappa shape index (κ2) is 6.38. The summed E-state index contributed by atoms with van der Waals surface area (Å²) in [7, 11) is 0. The monoisotopic (exact) mass is 279 g/mol. The van der Waals surface area contributed by atoms with Crippen LogP contribution in [0.5, 0.6) is 5.75 Å². The van der Waals surface area contributed by atoms with Crippen molar-refractivity contribution in [1.29, 1.82) is 0 Å². The van der Waals surface area contributed by atoms with Gasteiger partial charge in [0.05, 0.1) is 13.2 Å². The molecule has 1 aromatic rings. The number of nitrogens with zero attached hydrogens (tertiary/aromatic N) is 1. The predicted octanol–water partition coefficient (Wildman–Crippen LogP) is 0.766. The predicted molar refractivity (Wildman–Crippen MR) is 70.5 cm³/mol. The van der Waals surface area contributed by atoms with Gasteiger partial charge in [-0.2, -0.15) is 0 Å². The van der Waals surface area contributed by atoms with Gasteiger partial charge in [0, 0.05) is 6.54 Å². The number of ether oxygens (including phenoxy) is 2. The summed E-state index contributed by atoms with van der Waals surface area (Å²) in [5.41, 5.74) is 0. The van der Waals surface area contributed by atoms with Gasteiger partial charge < -0.3 is 19.5 Å². The van der Waals surface area contributed by atoms with Crippen LogP contribution in [0.4, 0.5) is 0 Å². The molecular formula is C14H17NO5. The Morgan fingerprint density at radius 2 is 2.10 bits per heavy atom. The first-order chi connectivity index (χ1) is 9.58. The number of carboxylic acids is 1. The third kappa shape index (κ3) is 3.48. The molecule has 0 bridgehead atoms. The van der Waals surface area contributed by atoms with Crippen LogP contribution in [-0.2, 0) is 14.3 Å². The molecule has 108 valence electrons. The molecule has 1 aliphatic rings. The zero-order valence-electron chi connectivity index (χ0n) is 11.2. The van der Waals surface area contributed by atoms with E-state index in [1.165, 1.54) is 4.90 Å². The molecule has 0 aliphatic carbocycles. The highest BCUT2D eigenvalue weighted by Crippen LogP contribution is 2.13. The second-order valence-corrected chi connectivity index (χ2v) is 4.56. The first-order valence-corrected chi connectivity index (χ1v) is 6.43. The number of benzene rings is 1. The fourth-order valence-corrected chi connectivity index (χ4v) is 2.01. The molecule has 20 heavy (non-hydrogen) atoms. The topological polar surface area (TPSA) is 76.1 Å². The van der Waals surface area contributed by atoms with E-state index in [0.29, 0.717) is 12.3 Å². The van der Waals surface area contributed by atoms with E-state index in [2.05, 4.69) is 0 Å². The first kappa shape index (κ1) is 14.3. The highest BCUT2D eigenvalue weighted by Gasteiger charge is 2.31. The average molecular weight is 279 g/mol. The lowest BCUT2D eigenvalue weighted by Gasteiger charge is -2.32. The molecule has 0 unspecified atom stereocenters. The first-order valence-electron chi connectivity index (χ1n) is 6.43. The zero-order chi connectivity index (χ0) is 14.5. The molecule has 1 amide bonds. The number of aliphatic carboxylic acids is 1. The highest BCUT2D eigenvalue weighted by atomic mass is 16.5. The summed E-state index contributed by atoms with van der Waals surface area (Å²) in [6, 6.07) is 9.04. The molecule has 0 saturated carbocycles. The fourth-order valence-electron chi connectivity index (χ4n) is 2.01. The van der Waals surface area contributed by atoms with Gasteiger partial charge in [-0.1, -0.05) is 18.2 Å². The summed E-state index contributed by atoms with van der Waals surface area (Å²) < 4.78 is 10.6. The smallest absolute Gasteiger partial charge is 0.334 e. The summed E-state index contributed by atoms with van der Waals surface area (Å²) in [4.78, 5) is 24.6. The Kier molecular flexibility index (Phi) is 4.57. The summed E-state index contributed by atoms with van der Waals surface area (Å²) >= 11 is 0. The van der Waals surface area contributed by atoms with Gasteiger partial charge in [-0.15, -0.1) is 0 Å². The van der Waals surface area contributed by atoms with Crippen molar-refractivity contribution in [3.63, 3.8) is 0 Å². The highest BCUT2D eigenvalue weighted by molar-refractivity contribution is 5.82. The molecule has 2 rings (SSSR count). The quantitative estimate of drug-likeness (QED) is 0.881. The van der Waals surface area contributed by atoms with Crippen LogP contribution in [0.15, 0.2) is 30.3 Å². The van der Waals surface area contributed by atoms with Gasteiger partial charge in [-0.3, -0.25) is 4.79 Å². The molecule has 6 heteroatoms. The standard InChI is InChI=1S/C14H17NO5/c1-10(20-11-5-3-2-4-6-11)13(16)15-7-8-19-12(9-15)14(17)18/h2-6,10,12H,7-9H2,1H3,(H,17,18)/t10-,12+/m1/s1. The molecule has 1 fully saturated rings. The number of hydrogen-bond acceptors (Lipinski definition) is 4. The summed E-state index contributed by atoms with van der Waals surface area (Å²) in [6.07, 6.45) is -1.62. The molecule has 1 aliphatic heterocycles. The maximum Gasteiger partial charge on any atom is 0.334 e. The van der Waals surface area contributed by atoms with Crippen LogP contribution >= 0.6 is 0 Å². The summed E-state index contributed by atoms with van der Waals surface area (Å²) in [5.74, 6) is -0.682. The molecule has 2 atom stereocenters. The van der Waals surface area contributed by atoms with Crippen molar-refractivity contribution in [2.45, 2.75) is 19.1 Å². The lowest BCUT2D eigenvalue weighted by atomic mass is 10.2. The van der Waals surface area contributed by atoms with Gasteiger partial charge in [-0.05, 0) is 19.1 Å². The number of para-hydroxylation sites is 1. The van der Waals surface area contributed by atoms with E-state index in [9.17, 15) is 9.59 Å². The van der Waals surface area contributed by atoms with Crippen LogP contribution in [0, 0.1) is 0 Å².